The molecule has 0 aliphatic carbocycles. The SMILES string of the molecule is CN=C(NCCc1csc(C)n1)N1CCC(N2CCOCC2)C1. The number of ether oxygens (including phenoxy) is 1. The molecule has 1 aromatic heterocycles. The van der Waals surface area contributed by atoms with E-state index in [0.717, 1.165) is 63.3 Å². The maximum atomic E-state index is 5.46. The van der Waals surface area contributed by atoms with Gasteiger partial charge in [0.1, 0.15) is 0 Å². The summed E-state index contributed by atoms with van der Waals surface area (Å²) >= 11 is 1.72. The molecule has 0 radical (unpaired) electrons. The Morgan fingerprint density at radius 2 is 2.26 bits per heavy atom. The fraction of sp³-hybridized carbons (Fsp3) is 0.750. The summed E-state index contributed by atoms with van der Waals surface area (Å²) in [6.07, 6.45) is 2.16. The molecular formula is C16H27N5OS. The first kappa shape index (κ1) is 16.7. The number of nitrogens with zero attached hydrogens (tertiary/aromatic N) is 4. The number of aliphatic imine (C=N–C) groups is 1. The molecule has 1 atom stereocenters. The molecule has 23 heavy (non-hydrogen) atoms. The van der Waals surface area contributed by atoms with Crippen molar-refractivity contribution in [3.05, 3.63) is 16.1 Å². The van der Waals surface area contributed by atoms with Gasteiger partial charge in [-0.15, -0.1) is 11.3 Å². The molecule has 2 saturated heterocycles. The number of morpholine rings is 1. The normalized spacial score (nSPS) is 23.5. The summed E-state index contributed by atoms with van der Waals surface area (Å²) in [4.78, 5) is 13.9. The number of nitrogens with one attached hydrogen (secondary N) is 1. The summed E-state index contributed by atoms with van der Waals surface area (Å²) in [5.41, 5.74) is 1.17. The fourth-order valence-electron chi connectivity index (χ4n) is 3.33. The molecule has 128 valence electrons. The first-order valence-electron chi connectivity index (χ1n) is 8.44. The van der Waals surface area contributed by atoms with Gasteiger partial charge >= 0.3 is 0 Å². The van der Waals surface area contributed by atoms with E-state index in [1.54, 1.807) is 11.3 Å². The Kier molecular flexibility index (Phi) is 5.85. The van der Waals surface area contributed by atoms with Crippen LogP contribution in [-0.4, -0.2) is 79.8 Å². The highest BCUT2D eigenvalue weighted by Crippen LogP contribution is 2.17. The molecule has 2 aliphatic heterocycles. The van der Waals surface area contributed by atoms with Gasteiger partial charge in [0, 0.05) is 57.6 Å². The first-order valence-corrected chi connectivity index (χ1v) is 9.32. The lowest BCUT2D eigenvalue weighted by atomic mass is 10.2. The van der Waals surface area contributed by atoms with Crippen LogP contribution in [0.25, 0.3) is 0 Å². The number of hydrogen-bond donors (Lipinski definition) is 1. The van der Waals surface area contributed by atoms with Gasteiger partial charge in [-0.3, -0.25) is 9.89 Å². The zero-order chi connectivity index (χ0) is 16.1. The Hall–Kier alpha value is -1.18. The van der Waals surface area contributed by atoms with E-state index in [1.165, 1.54) is 12.1 Å². The van der Waals surface area contributed by atoms with Crippen molar-refractivity contribution in [1.29, 1.82) is 0 Å². The van der Waals surface area contributed by atoms with Crippen LogP contribution in [0.4, 0.5) is 0 Å². The van der Waals surface area contributed by atoms with Crippen molar-refractivity contribution in [3.8, 4) is 0 Å². The topological polar surface area (TPSA) is 53.0 Å². The minimum atomic E-state index is 0.638. The van der Waals surface area contributed by atoms with Crippen LogP contribution in [0, 0.1) is 6.92 Å². The summed E-state index contributed by atoms with van der Waals surface area (Å²) in [6, 6.07) is 0.638. The van der Waals surface area contributed by atoms with E-state index < -0.39 is 0 Å². The zero-order valence-corrected chi connectivity index (χ0v) is 14.9. The third kappa shape index (κ3) is 4.43. The van der Waals surface area contributed by atoms with Crippen molar-refractivity contribution in [2.75, 3.05) is 53.0 Å². The van der Waals surface area contributed by atoms with Crippen LogP contribution >= 0.6 is 11.3 Å². The number of thiazole rings is 1. The highest BCUT2D eigenvalue weighted by atomic mass is 32.1. The molecule has 0 saturated carbocycles. The second-order valence-electron chi connectivity index (χ2n) is 6.12. The summed E-state index contributed by atoms with van der Waals surface area (Å²) in [5, 5.41) is 6.77. The highest BCUT2D eigenvalue weighted by Gasteiger charge is 2.30. The van der Waals surface area contributed by atoms with Gasteiger partial charge in [-0.05, 0) is 13.3 Å². The molecule has 3 heterocycles. The minimum absolute atomic E-state index is 0.638. The number of aromatic nitrogens is 1. The molecule has 0 spiro atoms. The summed E-state index contributed by atoms with van der Waals surface area (Å²) < 4.78 is 5.46. The Balaban J connectivity index is 1.45. The fourth-order valence-corrected chi connectivity index (χ4v) is 3.98. The average Bonchev–Trinajstić information content (AvgIpc) is 3.22. The van der Waals surface area contributed by atoms with Crippen LogP contribution in [0.1, 0.15) is 17.1 Å². The van der Waals surface area contributed by atoms with Gasteiger partial charge in [0.2, 0.25) is 0 Å². The lowest BCUT2D eigenvalue weighted by molar-refractivity contribution is 0.0195. The molecule has 7 heteroatoms. The van der Waals surface area contributed by atoms with E-state index in [4.69, 9.17) is 4.74 Å². The van der Waals surface area contributed by atoms with Gasteiger partial charge in [0.15, 0.2) is 5.96 Å². The second kappa shape index (κ2) is 8.08. The molecule has 1 unspecified atom stereocenters. The van der Waals surface area contributed by atoms with Crippen molar-refractivity contribution in [1.82, 2.24) is 20.1 Å². The van der Waals surface area contributed by atoms with Gasteiger partial charge in [-0.25, -0.2) is 4.98 Å². The maximum Gasteiger partial charge on any atom is 0.193 e. The Labute approximate surface area is 142 Å². The minimum Gasteiger partial charge on any atom is -0.379 e. The van der Waals surface area contributed by atoms with Gasteiger partial charge < -0.3 is 15.0 Å². The average molecular weight is 337 g/mol. The van der Waals surface area contributed by atoms with Crippen molar-refractivity contribution < 1.29 is 4.74 Å². The Morgan fingerprint density at radius 3 is 2.96 bits per heavy atom. The van der Waals surface area contributed by atoms with Gasteiger partial charge in [-0.1, -0.05) is 0 Å². The summed E-state index contributed by atoms with van der Waals surface area (Å²) in [5.74, 6) is 1.02. The van der Waals surface area contributed by atoms with Gasteiger partial charge in [0.25, 0.3) is 0 Å². The predicted octanol–water partition coefficient (Wildman–Crippen LogP) is 0.976. The number of hydrogen-bond acceptors (Lipinski definition) is 5. The van der Waals surface area contributed by atoms with E-state index >= 15 is 0 Å². The molecule has 1 aromatic rings. The van der Waals surface area contributed by atoms with E-state index in [9.17, 15) is 0 Å². The third-order valence-electron chi connectivity index (χ3n) is 4.57. The van der Waals surface area contributed by atoms with Crippen LogP contribution in [-0.2, 0) is 11.2 Å². The maximum absolute atomic E-state index is 5.46. The summed E-state index contributed by atoms with van der Waals surface area (Å²) in [7, 11) is 1.87. The van der Waals surface area contributed by atoms with E-state index in [1.807, 2.05) is 7.05 Å². The largest absolute Gasteiger partial charge is 0.379 e. The lowest BCUT2D eigenvalue weighted by Crippen LogP contribution is -2.46. The van der Waals surface area contributed by atoms with Crippen molar-refractivity contribution in [2.24, 2.45) is 4.99 Å². The molecule has 6 nitrogen and oxygen atoms in total. The second-order valence-corrected chi connectivity index (χ2v) is 7.18. The molecule has 3 rings (SSSR count). The number of likely N-dealkylation sites (tertiary alicyclic amines) is 1. The smallest absolute Gasteiger partial charge is 0.193 e. The standard InChI is InChI=1S/C16H27N5OS/c1-13-19-14(12-23-13)3-5-18-16(17-2)21-6-4-15(11-21)20-7-9-22-10-8-20/h12,15H,3-11H2,1-2H3,(H,17,18). The van der Waals surface area contributed by atoms with E-state index in [0.29, 0.717) is 6.04 Å². The quantitative estimate of drug-likeness (QED) is 0.656. The van der Waals surface area contributed by atoms with Crippen LogP contribution in [0.15, 0.2) is 10.4 Å². The number of guanidine groups is 1. The monoisotopic (exact) mass is 337 g/mol. The molecule has 0 bridgehead atoms. The van der Waals surface area contributed by atoms with Crippen LogP contribution in [0.5, 0.6) is 0 Å². The molecule has 2 aliphatic rings. The molecule has 2 fully saturated rings. The summed E-state index contributed by atoms with van der Waals surface area (Å²) in [6.45, 7) is 8.95. The molecular weight excluding hydrogens is 310 g/mol. The van der Waals surface area contributed by atoms with Crippen molar-refractivity contribution in [3.63, 3.8) is 0 Å². The van der Waals surface area contributed by atoms with Crippen molar-refractivity contribution >= 4 is 17.3 Å². The first-order chi connectivity index (χ1) is 11.3. The predicted molar refractivity (Wildman–Crippen MR) is 94.3 cm³/mol. The van der Waals surface area contributed by atoms with E-state index in [2.05, 4.69) is 37.4 Å². The lowest BCUT2D eigenvalue weighted by Gasteiger charge is -2.32. The number of rotatable bonds is 4. The van der Waals surface area contributed by atoms with Crippen molar-refractivity contribution in [2.45, 2.75) is 25.8 Å². The Bertz CT molecular complexity index is 526. The van der Waals surface area contributed by atoms with Crippen LogP contribution < -0.4 is 5.32 Å². The molecule has 1 N–H and O–H groups in total. The van der Waals surface area contributed by atoms with Crippen LogP contribution in [0.2, 0.25) is 0 Å². The van der Waals surface area contributed by atoms with Crippen LogP contribution in [0.3, 0.4) is 0 Å². The highest BCUT2D eigenvalue weighted by molar-refractivity contribution is 7.09. The third-order valence-corrected chi connectivity index (χ3v) is 5.39. The van der Waals surface area contributed by atoms with Gasteiger partial charge in [0.05, 0.1) is 23.9 Å². The zero-order valence-electron chi connectivity index (χ0n) is 14.1. The molecule has 0 amide bonds. The van der Waals surface area contributed by atoms with E-state index in [-0.39, 0.29) is 0 Å². The Morgan fingerprint density at radius 1 is 1.43 bits per heavy atom. The molecule has 0 aromatic carbocycles. The van der Waals surface area contributed by atoms with Gasteiger partial charge in [-0.2, -0.15) is 0 Å². The number of aryl methyl sites for hydroxylation is 1.